The molecule has 0 aromatic heterocycles. The molecular formula is C9H6FNO5. The van der Waals surface area contributed by atoms with Crippen LogP contribution in [0.25, 0.3) is 0 Å². The van der Waals surface area contributed by atoms with Crippen LogP contribution < -0.4 is 0 Å². The normalized spacial score (nSPS) is 9.81. The smallest absolute Gasteiger partial charge is 0.311 e. The molecule has 0 aliphatic rings. The number of benzene rings is 1. The van der Waals surface area contributed by atoms with E-state index < -0.39 is 34.6 Å². The van der Waals surface area contributed by atoms with Crippen LogP contribution in [0, 0.1) is 15.9 Å². The minimum absolute atomic E-state index is 0.203. The third-order valence-corrected chi connectivity index (χ3v) is 1.78. The predicted octanol–water partition coefficient (Wildman–Crippen LogP) is 1.39. The van der Waals surface area contributed by atoms with Gasteiger partial charge in [0.1, 0.15) is 6.42 Å². The van der Waals surface area contributed by atoms with E-state index in [-0.39, 0.29) is 5.56 Å². The minimum Gasteiger partial charge on any atom is -0.481 e. The van der Waals surface area contributed by atoms with Crippen LogP contribution in [0.5, 0.6) is 0 Å². The van der Waals surface area contributed by atoms with Crippen molar-refractivity contribution in [2.24, 2.45) is 0 Å². The Balaban J connectivity index is 3.01. The van der Waals surface area contributed by atoms with Gasteiger partial charge in [-0.05, 0) is 12.1 Å². The number of carbonyl (C=O) groups is 2. The van der Waals surface area contributed by atoms with Crippen LogP contribution in [-0.4, -0.2) is 21.8 Å². The summed E-state index contributed by atoms with van der Waals surface area (Å²) in [5, 5.41) is 18.6. The number of nitro benzene ring substituents is 1. The van der Waals surface area contributed by atoms with E-state index in [0.29, 0.717) is 6.07 Å². The molecule has 16 heavy (non-hydrogen) atoms. The quantitative estimate of drug-likeness (QED) is 0.362. The third kappa shape index (κ3) is 2.59. The summed E-state index contributed by atoms with van der Waals surface area (Å²) in [4.78, 5) is 30.7. The van der Waals surface area contributed by atoms with Crippen molar-refractivity contribution in [1.82, 2.24) is 0 Å². The summed E-state index contributed by atoms with van der Waals surface area (Å²) in [6.45, 7) is 0. The maximum atomic E-state index is 13.1. The van der Waals surface area contributed by atoms with Gasteiger partial charge in [-0.2, -0.15) is 4.39 Å². The van der Waals surface area contributed by atoms with Gasteiger partial charge in [0.2, 0.25) is 5.82 Å². The molecule has 1 aromatic carbocycles. The molecule has 0 bridgehead atoms. The molecule has 6 nitrogen and oxygen atoms in total. The van der Waals surface area contributed by atoms with Gasteiger partial charge in [0.15, 0.2) is 5.78 Å². The van der Waals surface area contributed by atoms with Crippen molar-refractivity contribution in [3.05, 3.63) is 39.7 Å². The summed E-state index contributed by atoms with van der Waals surface area (Å²) in [6, 6.07) is 2.50. The van der Waals surface area contributed by atoms with Crippen LogP contribution in [-0.2, 0) is 4.79 Å². The van der Waals surface area contributed by atoms with Crippen molar-refractivity contribution in [3.8, 4) is 0 Å². The van der Waals surface area contributed by atoms with Gasteiger partial charge in [0.05, 0.1) is 4.92 Å². The number of hydrogen-bond donors (Lipinski definition) is 1. The topological polar surface area (TPSA) is 97.5 Å². The maximum Gasteiger partial charge on any atom is 0.311 e. The van der Waals surface area contributed by atoms with Gasteiger partial charge in [-0.15, -0.1) is 0 Å². The molecule has 0 radical (unpaired) electrons. The van der Waals surface area contributed by atoms with Crippen molar-refractivity contribution in [2.75, 3.05) is 0 Å². The summed E-state index contributed by atoms with van der Waals surface area (Å²) < 4.78 is 13.1. The van der Waals surface area contributed by atoms with Crippen LogP contribution >= 0.6 is 0 Å². The standard InChI is InChI=1S/C9H6FNO5/c10-6-3-5(8(12)4-9(13)14)1-2-7(6)11(15)16/h1-3H,4H2,(H,13,14). The number of nitro groups is 1. The van der Waals surface area contributed by atoms with E-state index in [1.54, 1.807) is 0 Å². The average Bonchev–Trinajstić information content (AvgIpc) is 2.15. The lowest BCUT2D eigenvalue weighted by Crippen LogP contribution is -2.07. The van der Waals surface area contributed by atoms with Crippen LogP contribution in [0.2, 0.25) is 0 Å². The molecule has 7 heteroatoms. The van der Waals surface area contributed by atoms with Crippen LogP contribution in [0.4, 0.5) is 10.1 Å². The number of carbonyl (C=O) groups excluding carboxylic acids is 1. The van der Waals surface area contributed by atoms with Gasteiger partial charge in [-0.3, -0.25) is 19.7 Å². The zero-order valence-electron chi connectivity index (χ0n) is 7.84. The first-order chi connectivity index (χ1) is 7.41. The van der Waals surface area contributed by atoms with Gasteiger partial charge in [0.25, 0.3) is 0 Å². The number of aliphatic carboxylic acids is 1. The number of halogens is 1. The largest absolute Gasteiger partial charge is 0.481 e. The number of carboxylic acid groups (broad SMARTS) is 1. The van der Waals surface area contributed by atoms with Gasteiger partial charge in [-0.25, -0.2) is 0 Å². The van der Waals surface area contributed by atoms with Crippen molar-refractivity contribution >= 4 is 17.4 Å². The van der Waals surface area contributed by atoms with Gasteiger partial charge < -0.3 is 5.11 Å². The van der Waals surface area contributed by atoms with E-state index in [1.165, 1.54) is 0 Å². The Labute approximate surface area is 88.5 Å². The fraction of sp³-hybridized carbons (Fsp3) is 0.111. The summed E-state index contributed by atoms with van der Waals surface area (Å²) in [6.07, 6.45) is -0.781. The lowest BCUT2D eigenvalue weighted by Gasteiger charge is -1.98. The molecule has 0 amide bonds. The average molecular weight is 227 g/mol. The summed E-state index contributed by atoms with van der Waals surface area (Å²) >= 11 is 0. The molecule has 1 rings (SSSR count). The third-order valence-electron chi connectivity index (χ3n) is 1.78. The van der Waals surface area contributed by atoms with Crippen molar-refractivity contribution in [2.45, 2.75) is 6.42 Å². The van der Waals surface area contributed by atoms with Gasteiger partial charge in [0, 0.05) is 11.6 Å². The molecule has 0 aliphatic heterocycles. The number of ketones is 1. The highest BCUT2D eigenvalue weighted by atomic mass is 19.1. The minimum atomic E-state index is -1.34. The Hall–Kier alpha value is -2.31. The van der Waals surface area contributed by atoms with Crippen LogP contribution in [0.1, 0.15) is 16.8 Å². The first-order valence-corrected chi connectivity index (χ1v) is 4.10. The molecule has 84 valence electrons. The first-order valence-electron chi connectivity index (χ1n) is 4.10. The highest BCUT2D eigenvalue weighted by Crippen LogP contribution is 2.18. The monoisotopic (exact) mass is 227 g/mol. The molecule has 0 unspecified atom stereocenters. The van der Waals surface area contributed by atoms with E-state index >= 15 is 0 Å². The molecule has 0 fully saturated rings. The number of nitrogens with zero attached hydrogens (tertiary/aromatic N) is 1. The molecule has 0 spiro atoms. The second kappa shape index (κ2) is 4.47. The SMILES string of the molecule is O=C(O)CC(=O)c1ccc([N+](=O)[O-])c(F)c1. The first kappa shape index (κ1) is 11.8. The van der Waals surface area contributed by atoms with E-state index in [9.17, 15) is 24.1 Å². The van der Waals surface area contributed by atoms with Crippen molar-refractivity contribution < 1.29 is 24.0 Å². The fourth-order valence-electron chi connectivity index (χ4n) is 1.07. The van der Waals surface area contributed by atoms with Gasteiger partial charge in [-0.1, -0.05) is 0 Å². The lowest BCUT2D eigenvalue weighted by atomic mass is 10.1. The second-order valence-corrected chi connectivity index (χ2v) is 2.92. The molecule has 0 heterocycles. The van der Waals surface area contributed by atoms with E-state index in [2.05, 4.69) is 0 Å². The van der Waals surface area contributed by atoms with Crippen LogP contribution in [0.15, 0.2) is 18.2 Å². The number of carboxylic acids is 1. The van der Waals surface area contributed by atoms with Crippen LogP contribution in [0.3, 0.4) is 0 Å². The molecule has 0 saturated heterocycles. The van der Waals surface area contributed by atoms with Crippen molar-refractivity contribution in [1.29, 1.82) is 0 Å². The Morgan fingerprint density at radius 1 is 1.44 bits per heavy atom. The highest BCUT2D eigenvalue weighted by molar-refractivity contribution is 6.05. The fourth-order valence-corrected chi connectivity index (χ4v) is 1.07. The molecule has 1 N–H and O–H groups in total. The van der Waals surface area contributed by atoms with Gasteiger partial charge >= 0.3 is 11.7 Å². The molecule has 0 aliphatic carbocycles. The zero-order chi connectivity index (χ0) is 12.3. The number of hydrogen-bond acceptors (Lipinski definition) is 4. The summed E-state index contributed by atoms with van der Waals surface area (Å²) in [5.41, 5.74) is -0.961. The summed E-state index contributed by atoms with van der Waals surface area (Å²) in [7, 11) is 0. The number of Topliss-reactive ketones (excluding diaryl/α,β-unsaturated/α-hetero) is 1. The molecule has 0 saturated carbocycles. The lowest BCUT2D eigenvalue weighted by molar-refractivity contribution is -0.387. The highest BCUT2D eigenvalue weighted by Gasteiger charge is 2.17. The molecule has 0 atom stereocenters. The number of rotatable bonds is 4. The molecule has 1 aromatic rings. The van der Waals surface area contributed by atoms with E-state index in [0.717, 1.165) is 12.1 Å². The van der Waals surface area contributed by atoms with E-state index in [1.807, 2.05) is 0 Å². The van der Waals surface area contributed by atoms with Crippen molar-refractivity contribution in [3.63, 3.8) is 0 Å². The second-order valence-electron chi connectivity index (χ2n) is 2.92. The summed E-state index contributed by atoms with van der Waals surface area (Å²) in [5.74, 6) is -3.31. The predicted molar refractivity (Wildman–Crippen MR) is 49.6 cm³/mol. The maximum absolute atomic E-state index is 13.1. The van der Waals surface area contributed by atoms with E-state index in [4.69, 9.17) is 5.11 Å². The Bertz CT molecular complexity index is 471. The Kier molecular flexibility index (Phi) is 3.29. The zero-order valence-corrected chi connectivity index (χ0v) is 7.84. The Morgan fingerprint density at radius 3 is 2.50 bits per heavy atom. The Morgan fingerprint density at radius 2 is 2.06 bits per heavy atom. The molecular weight excluding hydrogens is 221 g/mol.